The number of rotatable bonds is 6. The Hall–Kier alpha value is -1.82. The number of hydrogen-bond donors (Lipinski definition) is 0. The average Bonchev–Trinajstić information content (AvgIpc) is 3.22. The first-order chi connectivity index (χ1) is 14.2. The molecule has 0 aliphatic carbocycles. The van der Waals surface area contributed by atoms with Crippen molar-refractivity contribution in [3.8, 4) is 11.3 Å². The van der Waals surface area contributed by atoms with E-state index in [1.165, 1.54) is 12.8 Å². The molecule has 2 aliphatic rings. The van der Waals surface area contributed by atoms with Gasteiger partial charge < -0.3 is 14.1 Å². The number of nitrogens with zero attached hydrogens (tertiary/aromatic N) is 2. The van der Waals surface area contributed by atoms with Crippen LogP contribution in [0.5, 0.6) is 0 Å². The zero-order valence-corrected chi connectivity index (χ0v) is 17.6. The van der Waals surface area contributed by atoms with Gasteiger partial charge in [0.15, 0.2) is 0 Å². The molecule has 1 amide bonds. The molecular weight excluding hydrogens is 388 g/mol. The van der Waals surface area contributed by atoms with E-state index in [-0.39, 0.29) is 5.91 Å². The fourth-order valence-electron chi connectivity index (χ4n) is 4.28. The normalized spacial score (nSPS) is 20.7. The van der Waals surface area contributed by atoms with Crippen molar-refractivity contribution in [1.29, 1.82) is 0 Å². The minimum absolute atomic E-state index is 0.282. The smallest absolute Gasteiger partial charge is 0.222 e. The Bertz CT molecular complexity index is 799. The third-order valence-corrected chi connectivity index (χ3v) is 6.16. The topological polar surface area (TPSA) is 45.9 Å². The summed E-state index contributed by atoms with van der Waals surface area (Å²) >= 11 is 5.97. The number of furan rings is 1. The first kappa shape index (κ1) is 20.5. The van der Waals surface area contributed by atoms with E-state index in [1.54, 1.807) is 0 Å². The van der Waals surface area contributed by atoms with Gasteiger partial charge >= 0.3 is 0 Å². The first-order valence-corrected chi connectivity index (χ1v) is 11.0. The molecule has 29 heavy (non-hydrogen) atoms. The number of halogens is 1. The summed E-state index contributed by atoms with van der Waals surface area (Å²) in [5.41, 5.74) is 1.04. The molecular formula is C23H29ClN2O3. The van der Waals surface area contributed by atoms with Gasteiger partial charge in [0.2, 0.25) is 5.91 Å². The summed E-state index contributed by atoms with van der Waals surface area (Å²) in [6.45, 7) is 5.77. The zero-order chi connectivity index (χ0) is 20.1. The maximum Gasteiger partial charge on any atom is 0.222 e. The minimum Gasteiger partial charge on any atom is -0.460 e. The van der Waals surface area contributed by atoms with Crippen LogP contribution in [0, 0.1) is 5.92 Å². The van der Waals surface area contributed by atoms with Crippen molar-refractivity contribution in [2.45, 2.75) is 32.2 Å². The maximum atomic E-state index is 12.4. The summed E-state index contributed by atoms with van der Waals surface area (Å²) in [5, 5.41) is 0.729. The number of morpholine rings is 1. The first-order valence-electron chi connectivity index (χ1n) is 10.6. The molecule has 0 saturated carbocycles. The Kier molecular flexibility index (Phi) is 6.90. The molecule has 0 unspecified atom stereocenters. The maximum absolute atomic E-state index is 12.4. The van der Waals surface area contributed by atoms with Crippen LogP contribution in [-0.4, -0.2) is 55.1 Å². The average molecular weight is 417 g/mol. The number of carbonyl (C=O) groups is 1. The summed E-state index contributed by atoms with van der Waals surface area (Å²) in [6.07, 6.45) is 4.02. The third kappa shape index (κ3) is 5.62. The van der Waals surface area contributed by atoms with Crippen LogP contribution in [0.4, 0.5) is 0 Å². The number of benzene rings is 1. The molecule has 0 radical (unpaired) electrons. The Morgan fingerprint density at radius 1 is 1.07 bits per heavy atom. The van der Waals surface area contributed by atoms with Gasteiger partial charge in [-0.3, -0.25) is 9.69 Å². The van der Waals surface area contributed by atoms with Crippen LogP contribution in [-0.2, 0) is 16.1 Å². The Labute approximate surface area is 177 Å². The van der Waals surface area contributed by atoms with Gasteiger partial charge in [-0.2, -0.15) is 0 Å². The Morgan fingerprint density at radius 3 is 2.66 bits per heavy atom. The number of piperidine rings is 1. The lowest BCUT2D eigenvalue weighted by molar-refractivity contribution is -0.135. The fourth-order valence-corrected chi connectivity index (χ4v) is 4.41. The second-order valence-electron chi connectivity index (χ2n) is 8.05. The molecule has 2 aliphatic heterocycles. The molecule has 5 nitrogen and oxygen atoms in total. The zero-order valence-electron chi connectivity index (χ0n) is 16.8. The Morgan fingerprint density at radius 2 is 1.86 bits per heavy atom. The second kappa shape index (κ2) is 9.79. The van der Waals surface area contributed by atoms with Gasteiger partial charge in [0.05, 0.1) is 19.8 Å². The number of amides is 1. The van der Waals surface area contributed by atoms with Gasteiger partial charge in [-0.05, 0) is 68.1 Å². The summed E-state index contributed by atoms with van der Waals surface area (Å²) in [6, 6.07) is 11.8. The molecule has 1 aromatic carbocycles. The van der Waals surface area contributed by atoms with Crippen molar-refractivity contribution in [2.75, 3.05) is 39.4 Å². The summed E-state index contributed by atoms with van der Waals surface area (Å²) < 4.78 is 11.4. The predicted molar refractivity (Wildman–Crippen MR) is 114 cm³/mol. The largest absolute Gasteiger partial charge is 0.460 e. The van der Waals surface area contributed by atoms with Gasteiger partial charge in [0.25, 0.3) is 0 Å². The Balaban J connectivity index is 1.26. The lowest BCUT2D eigenvalue weighted by Crippen LogP contribution is -2.41. The van der Waals surface area contributed by atoms with Crippen LogP contribution in [0.3, 0.4) is 0 Å². The molecule has 2 fully saturated rings. The number of hydrogen-bond acceptors (Lipinski definition) is 4. The number of likely N-dealkylation sites (tertiary alicyclic amines) is 1. The third-order valence-electron chi connectivity index (χ3n) is 5.90. The van der Waals surface area contributed by atoms with Gasteiger partial charge in [-0.1, -0.05) is 11.6 Å². The molecule has 2 aromatic rings. The van der Waals surface area contributed by atoms with Crippen LogP contribution < -0.4 is 0 Å². The van der Waals surface area contributed by atoms with Crippen molar-refractivity contribution in [3.05, 3.63) is 47.2 Å². The highest BCUT2D eigenvalue weighted by Crippen LogP contribution is 2.27. The van der Waals surface area contributed by atoms with Crippen molar-refractivity contribution in [1.82, 2.24) is 9.80 Å². The SMILES string of the molecule is O=C(CC[C@H]1CCCN(Cc2ccc(-c3ccc(Cl)cc3)o2)C1)N1CCOCC1. The quantitative estimate of drug-likeness (QED) is 0.697. The van der Waals surface area contributed by atoms with Crippen molar-refractivity contribution in [3.63, 3.8) is 0 Å². The molecule has 1 aromatic heterocycles. The molecule has 156 valence electrons. The van der Waals surface area contributed by atoms with Gasteiger partial charge in [0.1, 0.15) is 11.5 Å². The molecule has 0 spiro atoms. The molecule has 2 saturated heterocycles. The predicted octanol–water partition coefficient (Wildman–Crippen LogP) is 4.45. The standard InChI is InChI=1S/C23H29ClN2O3/c24-20-6-4-19(5-7-20)22-9-8-21(29-22)17-25-11-1-2-18(16-25)3-10-23(27)26-12-14-28-15-13-26/h4-9,18H,1-3,10-17H2/t18-/m1/s1. The van der Waals surface area contributed by atoms with Crippen LogP contribution in [0.15, 0.2) is 40.8 Å². The highest BCUT2D eigenvalue weighted by Gasteiger charge is 2.23. The molecule has 3 heterocycles. The van der Waals surface area contributed by atoms with Crippen LogP contribution in [0.2, 0.25) is 5.02 Å². The molecule has 0 N–H and O–H groups in total. The van der Waals surface area contributed by atoms with E-state index >= 15 is 0 Å². The second-order valence-corrected chi connectivity index (χ2v) is 8.48. The van der Waals surface area contributed by atoms with E-state index in [2.05, 4.69) is 11.0 Å². The van der Waals surface area contributed by atoms with E-state index in [9.17, 15) is 4.79 Å². The van der Waals surface area contributed by atoms with E-state index in [1.807, 2.05) is 35.2 Å². The molecule has 1 atom stereocenters. The molecule has 4 rings (SSSR count). The van der Waals surface area contributed by atoms with Crippen LogP contribution in [0.1, 0.15) is 31.4 Å². The van der Waals surface area contributed by atoms with Crippen molar-refractivity contribution >= 4 is 17.5 Å². The monoisotopic (exact) mass is 416 g/mol. The van der Waals surface area contributed by atoms with Gasteiger partial charge in [-0.15, -0.1) is 0 Å². The summed E-state index contributed by atoms with van der Waals surface area (Å²) in [7, 11) is 0. The van der Waals surface area contributed by atoms with Crippen LogP contribution >= 0.6 is 11.6 Å². The lowest BCUT2D eigenvalue weighted by atomic mass is 9.93. The van der Waals surface area contributed by atoms with E-state index in [0.29, 0.717) is 25.6 Å². The lowest BCUT2D eigenvalue weighted by Gasteiger charge is -2.33. The fraction of sp³-hybridized carbons (Fsp3) is 0.522. The van der Waals surface area contributed by atoms with Crippen molar-refractivity contribution < 1.29 is 13.9 Å². The van der Waals surface area contributed by atoms with Crippen molar-refractivity contribution in [2.24, 2.45) is 5.92 Å². The van der Waals surface area contributed by atoms with Gasteiger partial charge in [0, 0.05) is 36.6 Å². The summed E-state index contributed by atoms with van der Waals surface area (Å²) in [4.78, 5) is 16.8. The van der Waals surface area contributed by atoms with Gasteiger partial charge in [-0.25, -0.2) is 0 Å². The van der Waals surface area contributed by atoms with E-state index in [0.717, 1.165) is 61.3 Å². The van der Waals surface area contributed by atoms with E-state index in [4.69, 9.17) is 20.8 Å². The highest BCUT2D eigenvalue weighted by molar-refractivity contribution is 6.30. The van der Waals surface area contributed by atoms with E-state index < -0.39 is 0 Å². The highest BCUT2D eigenvalue weighted by atomic mass is 35.5. The number of ether oxygens (including phenoxy) is 1. The number of carbonyl (C=O) groups excluding carboxylic acids is 1. The minimum atomic E-state index is 0.282. The molecule has 6 heteroatoms. The summed E-state index contributed by atoms with van der Waals surface area (Å²) in [5.74, 6) is 2.73. The molecule has 0 bridgehead atoms. The van der Waals surface area contributed by atoms with Crippen LogP contribution in [0.25, 0.3) is 11.3 Å².